The number of nitrogens with two attached hydrogens (primary N) is 1. The molecule has 1 amide bonds. The third-order valence-corrected chi connectivity index (χ3v) is 9.08. The fourth-order valence-corrected chi connectivity index (χ4v) is 6.70. The highest BCUT2D eigenvalue weighted by Crippen LogP contribution is 2.30. The number of sulfonamides is 1. The zero-order valence-electron chi connectivity index (χ0n) is 16.0. The molecule has 0 spiro atoms. The smallest absolute Gasteiger partial charge is 0.264 e. The van der Waals surface area contributed by atoms with Gasteiger partial charge in [0.15, 0.2) is 0 Å². The molecule has 2 fully saturated rings. The minimum absolute atomic E-state index is 0. The summed E-state index contributed by atoms with van der Waals surface area (Å²) in [5.41, 5.74) is 5.86. The molecule has 2 unspecified atom stereocenters. The average molecular weight is 436 g/mol. The van der Waals surface area contributed by atoms with Crippen molar-refractivity contribution in [3.63, 3.8) is 0 Å². The van der Waals surface area contributed by atoms with E-state index in [1.165, 1.54) is 0 Å². The van der Waals surface area contributed by atoms with E-state index >= 15 is 0 Å². The Balaban J connectivity index is 0.00000261. The Bertz CT molecular complexity index is 745. The predicted octanol–water partition coefficient (Wildman–Crippen LogP) is 2.79. The van der Waals surface area contributed by atoms with Gasteiger partial charge in [-0.3, -0.25) is 4.79 Å². The summed E-state index contributed by atoms with van der Waals surface area (Å²) < 4.78 is 27.5. The molecule has 2 aliphatic heterocycles. The highest BCUT2D eigenvalue weighted by molar-refractivity contribution is 7.91. The van der Waals surface area contributed by atoms with Crippen molar-refractivity contribution in [1.82, 2.24) is 9.21 Å². The molecule has 2 aliphatic rings. The fraction of sp³-hybridized carbons (Fsp3) is 0.722. The van der Waals surface area contributed by atoms with Crippen LogP contribution in [0.2, 0.25) is 0 Å². The van der Waals surface area contributed by atoms with E-state index in [0.29, 0.717) is 42.9 Å². The van der Waals surface area contributed by atoms with E-state index in [-0.39, 0.29) is 28.6 Å². The van der Waals surface area contributed by atoms with Gasteiger partial charge in [0, 0.05) is 32.2 Å². The zero-order valence-corrected chi connectivity index (χ0v) is 18.4. The molecular formula is C18H30ClN3O3S2. The summed E-state index contributed by atoms with van der Waals surface area (Å²) in [5.74, 6) is 1.04. The maximum absolute atomic E-state index is 12.9. The molecule has 3 rings (SSSR count). The van der Waals surface area contributed by atoms with Gasteiger partial charge in [0.05, 0.1) is 4.88 Å². The number of likely N-dealkylation sites (tertiary alicyclic amines) is 1. The molecule has 9 heteroatoms. The minimum Gasteiger partial charge on any atom is -0.334 e. The topological polar surface area (TPSA) is 83.7 Å². The number of thiophene rings is 1. The lowest BCUT2D eigenvalue weighted by Crippen LogP contribution is -2.49. The summed E-state index contributed by atoms with van der Waals surface area (Å²) in [6.07, 6.45) is 3.65. The molecule has 2 atom stereocenters. The predicted molar refractivity (Wildman–Crippen MR) is 111 cm³/mol. The molecular weight excluding hydrogens is 406 g/mol. The summed E-state index contributed by atoms with van der Waals surface area (Å²) in [6.45, 7) is 6.58. The SMILES string of the molecule is CC1CCN(S(=O)(=O)c2ccc(C(=O)N3CCC(C)CC3CN)s2)CC1.Cl. The normalized spacial score (nSPS) is 25.2. The van der Waals surface area contributed by atoms with Crippen LogP contribution in [0.4, 0.5) is 0 Å². The third-order valence-electron chi connectivity index (χ3n) is 5.64. The molecule has 1 aromatic rings. The first kappa shape index (κ1) is 22.6. The molecule has 0 aliphatic carbocycles. The Labute approximate surface area is 172 Å². The summed E-state index contributed by atoms with van der Waals surface area (Å²) >= 11 is 1.09. The van der Waals surface area contributed by atoms with Crippen LogP contribution in [0, 0.1) is 11.8 Å². The summed E-state index contributed by atoms with van der Waals surface area (Å²) in [4.78, 5) is 15.2. The lowest BCUT2D eigenvalue weighted by Gasteiger charge is -2.37. The number of carbonyl (C=O) groups is 1. The van der Waals surface area contributed by atoms with Crippen molar-refractivity contribution in [2.75, 3.05) is 26.2 Å². The van der Waals surface area contributed by atoms with Crippen molar-refractivity contribution in [2.45, 2.75) is 49.8 Å². The molecule has 0 aromatic carbocycles. The van der Waals surface area contributed by atoms with Crippen molar-refractivity contribution < 1.29 is 13.2 Å². The number of carbonyl (C=O) groups excluding carboxylic acids is 1. The maximum Gasteiger partial charge on any atom is 0.264 e. The van der Waals surface area contributed by atoms with Crippen LogP contribution >= 0.6 is 23.7 Å². The molecule has 3 heterocycles. The van der Waals surface area contributed by atoms with Crippen LogP contribution in [-0.2, 0) is 10.0 Å². The van der Waals surface area contributed by atoms with Crippen LogP contribution in [0.3, 0.4) is 0 Å². The van der Waals surface area contributed by atoms with E-state index in [2.05, 4.69) is 13.8 Å². The van der Waals surface area contributed by atoms with Gasteiger partial charge in [-0.15, -0.1) is 23.7 Å². The second kappa shape index (κ2) is 9.22. The van der Waals surface area contributed by atoms with E-state index in [4.69, 9.17) is 5.73 Å². The molecule has 0 bridgehead atoms. The molecule has 0 radical (unpaired) electrons. The van der Waals surface area contributed by atoms with E-state index < -0.39 is 10.0 Å². The number of rotatable bonds is 4. The first-order valence-electron chi connectivity index (χ1n) is 9.44. The third kappa shape index (κ3) is 4.85. The van der Waals surface area contributed by atoms with Crippen molar-refractivity contribution in [2.24, 2.45) is 17.6 Å². The van der Waals surface area contributed by atoms with Gasteiger partial charge in [0.25, 0.3) is 15.9 Å². The molecule has 27 heavy (non-hydrogen) atoms. The van der Waals surface area contributed by atoms with Gasteiger partial charge in [-0.05, 0) is 49.7 Å². The van der Waals surface area contributed by atoms with Gasteiger partial charge < -0.3 is 10.6 Å². The van der Waals surface area contributed by atoms with Gasteiger partial charge >= 0.3 is 0 Å². The van der Waals surface area contributed by atoms with Gasteiger partial charge in [-0.2, -0.15) is 4.31 Å². The van der Waals surface area contributed by atoms with Crippen LogP contribution in [0.15, 0.2) is 16.3 Å². The van der Waals surface area contributed by atoms with E-state index in [1.54, 1.807) is 16.4 Å². The monoisotopic (exact) mass is 435 g/mol. The number of halogens is 1. The second-order valence-corrected chi connectivity index (χ2v) is 11.0. The molecule has 2 saturated heterocycles. The highest BCUT2D eigenvalue weighted by atomic mass is 35.5. The Kier molecular flexibility index (Phi) is 7.72. The van der Waals surface area contributed by atoms with Crippen LogP contribution in [0.1, 0.15) is 49.2 Å². The molecule has 6 nitrogen and oxygen atoms in total. The number of nitrogens with zero attached hydrogens (tertiary/aromatic N) is 2. The van der Waals surface area contributed by atoms with Gasteiger partial charge in [0.1, 0.15) is 4.21 Å². The van der Waals surface area contributed by atoms with E-state index in [9.17, 15) is 13.2 Å². The van der Waals surface area contributed by atoms with Gasteiger partial charge in [0.2, 0.25) is 0 Å². The second-order valence-electron chi connectivity index (χ2n) is 7.72. The lowest BCUT2D eigenvalue weighted by atomic mass is 9.92. The first-order valence-corrected chi connectivity index (χ1v) is 11.7. The van der Waals surface area contributed by atoms with Gasteiger partial charge in [-0.25, -0.2) is 8.42 Å². The van der Waals surface area contributed by atoms with Gasteiger partial charge in [-0.1, -0.05) is 13.8 Å². The minimum atomic E-state index is -3.50. The quantitative estimate of drug-likeness (QED) is 0.788. The number of amides is 1. The Morgan fingerprint density at radius 1 is 1.15 bits per heavy atom. The summed E-state index contributed by atoms with van der Waals surface area (Å²) in [7, 11) is -3.50. The Hall–Kier alpha value is -0.670. The number of piperidine rings is 2. The first-order chi connectivity index (χ1) is 12.3. The molecule has 0 saturated carbocycles. The maximum atomic E-state index is 12.9. The Morgan fingerprint density at radius 2 is 1.78 bits per heavy atom. The van der Waals surface area contributed by atoms with Crippen molar-refractivity contribution >= 4 is 39.7 Å². The largest absolute Gasteiger partial charge is 0.334 e. The van der Waals surface area contributed by atoms with Crippen molar-refractivity contribution in [1.29, 1.82) is 0 Å². The Morgan fingerprint density at radius 3 is 2.41 bits per heavy atom. The van der Waals surface area contributed by atoms with Crippen LogP contribution < -0.4 is 5.73 Å². The molecule has 1 aromatic heterocycles. The highest BCUT2D eigenvalue weighted by Gasteiger charge is 2.33. The van der Waals surface area contributed by atoms with Crippen molar-refractivity contribution in [3.05, 3.63) is 17.0 Å². The molecule has 2 N–H and O–H groups in total. The lowest BCUT2D eigenvalue weighted by molar-refractivity contribution is 0.0578. The average Bonchev–Trinajstić information content (AvgIpc) is 3.12. The van der Waals surface area contributed by atoms with Crippen LogP contribution in [0.25, 0.3) is 0 Å². The number of hydrogen-bond acceptors (Lipinski definition) is 5. The van der Waals surface area contributed by atoms with Crippen LogP contribution in [-0.4, -0.2) is 55.8 Å². The van der Waals surface area contributed by atoms with E-state index in [1.807, 2.05) is 4.90 Å². The van der Waals surface area contributed by atoms with Crippen LogP contribution in [0.5, 0.6) is 0 Å². The summed E-state index contributed by atoms with van der Waals surface area (Å²) in [5, 5.41) is 0. The molecule has 154 valence electrons. The fourth-order valence-electron chi connectivity index (χ4n) is 3.81. The standard InChI is InChI=1S/C18H29N3O3S2.ClH/c1-13-5-8-20(9-6-13)26(23,24)17-4-3-16(25-17)18(22)21-10-7-14(2)11-15(21)12-19;/h3-4,13-15H,5-12,19H2,1-2H3;1H. The number of hydrogen-bond donors (Lipinski definition) is 1. The van der Waals surface area contributed by atoms with E-state index in [0.717, 1.165) is 37.0 Å². The van der Waals surface area contributed by atoms with Crippen molar-refractivity contribution in [3.8, 4) is 0 Å². The summed E-state index contributed by atoms with van der Waals surface area (Å²) in [6, 6.07) is 3.27. The zero-order chi connectivity index (χ0) is 18.9.